The molecule has 97 heteroatoms. The molecule has 8 heterocycles. The highest BCUT2D eigenvalue weighted by Crippen LogP contribution is 2.43. The van der Waals surface area contributed by atoms with Crippen LogP contribution in [0.5, 0.6) is 0 Å². The Morgan fingerprint density at radius 1 is 0.207 bits per heavy atom. The molecule has 0 radical (unpaired) electrons. The van der Waals surface area contributed by atoms with Crippen LogP contribution in [0.1, 0.15) is 0 Å². The minimum atomic E-state index is -6.74. The number of ether oxygens (including phenoxy) is 15. The SMILES string of the molecule is O=C(O)[C@@H]1O[C@@H](O[C@H]2[C@H](O)[C@@H](NS(=O)(=O)O)[C@@H](O[C@H]3[C@H](O)[C@@H](OS(=O)(=O)O)[C@H](O[C@H]4[C@H](O)[C@@H](NS(=O)(=O)O)[C@@H](O[C@H]5[C@H](O)[C@@H](OS(=O)(=O)O)[C@H](O[C@H]6[C@H](OS(=O)(=O)O)[C@@H](NS(=O)(=O)O)[C@@H](O[C@H]7[C@H](O)[C@@H](OS(=O)(=O)O)[C@H](O[C@H]8[C@H](O)[C@@H](NS(=O)(=O)O)[C@@H](O)O[C@@H]8COS(=O)(=O)O)O[C@H]7C(=O)O)O[C@@H]6COS(=O)(=O)O)O[C@H]5C(=O)O)O[C@@H]4COS(=O)(=O)O)O[C@H]3C(=O)O)O[C@@H]2COS(=O)(=O)O)[C@@H](OS(=O)(=O)O)[C@@H](O)[C@@H]1O. The van der Waals surface area contributed by atoms with Crippen LogP contribution in [0.4, 0.5) is 0 Å². The van der Waals surface area contributed by atoms with E-state index >= 15 is 0 Å². The first-order valence-corrected chi connectivity index (χ1v) is 55.1. The lowest BCUT2D eigenvalue weighted by atomic mass is 9.94. The first-order chi connectivity index (χ1) is 65.5. The molecule has 0 amide bonds. The number of hydrogen-bond donors (Lipinski definition) is 30. The summed E-state index contributed by atoms with van der Waals surface area (Å²) in [6.45, 7) is -8.33. The van der Waals surface area contributed by atoms with Crippen LogP contribution in [0.3, 0.4) is 0 Å². The van der Waals surface area contributed by atoms with Crippen molar-refractivity contribution in [1.29, 1.82) is 0 Å². The summed E-state index contributed by atoms with van der Waals surface area (Å²) in [5, 5.41) is 145. The molecular weight excluding hydrogens is 2330 g/mol. The van der Waals surface area contributed by atoms with Gasteiger partial charge in [-0.25, -0.2) is 56.8 Å². The maximum Gasteiger partial charge on any atom is 0.397 e. The van der Waals surface area contributed by atoms with E-state index in [1.807, 2.05) is 0 Å². The molecule has 0 aromatic rings. The van der Waals surface area contributed by atoms with Gasteiger partial charge in [0.1, 0.15) is 146 Å². The van der Waals surface area contributed by atoms with Crippen molar-refractivity contribution < 1.29 is 363 Å². The number of rotatable bonds is 48. The molecule has 40 atom stereocenters. The number of carbonyl (C=O) groups is 4. The van der Waals surface area contributed by atoms with Crippen molar-refractivity contribution >= 4 is 159 Å². The number of nitrogens with one attached hydrogen (secondary N) is 4. The normalized spacial score (nSPS) is 38.8. The Morgan fingerprint density at radius 2 is 0.414 bits per heavy atom. The maximum absolute atomic E-state index is 13.6. The third-order valence-electron chi connectivity index (χ3n) is 19.6. The van der Waals surface area contributed by atoms with Crippen LogP contribution >= 0.6 is 0 Å². The number of aliphatic hydroxyl groups excluding tert-OH is 9. The van der Waals surface area contributed by atoms with Crippen molar-refractivity contribution in [2.24, 2.45) is 0 Å². The van der Waals surface area contributed by atoms with E-state index in [1.54, 1.807) is 0 Å². The van der Waals surface area contributed by atoms with Gasteiger partial charge in [-0.05, 0) is 0 Å². The lowest BCUT2D eigenvalue weighted by Gasteiger charge is -2.51. The molecule has 8 saturated heterocycles. The second-order valence-electron chi connectivity index (χ2n) is 29.6. The summed E-state index contributed by atoms with van der Waals surface area (Å²) in [6, 6.07) is -12.9. The molecule has 0 aromatic carbocycles. The minimum absolute atomic E-state index is 0.937. The number of carboxylic acid groups (broad SMARTS) is 4. The van der Waals surface area contributed by atoms with Crippen molar-refractivity contribution in [2.75, 3.05) is 26.4 Å². The number of hydrogen-bond acceptors (Lipinski definition) is 63. The van der Waals surface area contributed by atoms with Gasteiger partial charge in [0.2, 0.25) is 0 Å². The van der Waals surface area contributed by atoms with Gasteiger partial charge >= 0.3 is 159 Å². The molecule has 0 unspecified atom stereocenters. The van der Waals surface area contributed by atoms with Gasteiger partial charge in [0.25, 0.3) is 0 Å². The van der Waals surface area contributed by atoms with Crippen LogP contribution < -0.4 is 18.9 Å². The first kappa shape index (κ1) is 125. The molecule has 0 spiro atoms. The van der Waals surface area contributed by atoms with E-state index in [-0.39, 0.29) is 0 Å². The van der Waals surface area contributed by atoms with E-state index in [0.717, 1.165) is 18.9 Å². The van der Waals surface area contributed by atoms with E-state index < -0.39 is 431 Å². The molecule has 0 aromatic heterocycles. The largest absolute Gasteiger partial charge is 0.479 e. The summed E-state index contributed by atoms with van der Waals surface area (Å²) >= 11 is 0. The van der Waals surface area contributed by atoms with E-state index in [9.17, 15) is 254 Å². The Hall–Kier alpha value is -4.77. The summed E-state index contributed by atoms with van der Waals surface area (Å²) in [7, 11) is -81.0. The molecule has 0 saturated carbocycles. The Kier molecular flexibility index (Phi) is 40.9. The van der Waals surface area contributed by atoms with E-state index in [1.165, 1.54) is 0 Å². The zero-order chi connectivity index (χ0) is 111. The van der Waals surface area contributed by atoms with Gasteiger partial charge in [0.05, 0.1) is 26.4 Å². The average Bonchev–Trinajstić information content (AvgIpc) is 0.747. The van der Waals surface area contributed by atoms with Gasteiger partial charge in [-0.3, -0.25) is 59.2 Å². The van der Waals surface area contributed by atoms with Crippen molar-refractivity contribution in [2.45, 2.75) is 245 Å². The van der Waals surface area contributed by atoms with Gasteiger partial charge in [0, 0.05) is 0 Å². The van der Waals surface area contributed by atoms with Crippen molar-refractivity contribution in [3.63, 3.8) is 0 Å². The number of aliphatic carboxylic acids is 4. The maximum atomic E-state index is 13.6. The number of carboxylic acids is 4. The van der Waals surface area contributed by atoms with Crippen LogP contribution in [0, 0.1) is 0 Å². The average molecular weight is 2410 g/mol. The van der Waals surface area contributed by atoms with Crippen LogP contribution in [0.15, 0.2) is 0 Å². The van der Waals surface area contributed by atoms with Crippen molar-refractivity contribution in [1.82, 2.24) is 18.9 Å². The quantitative estimate of drug-likeness (QED) is 0.0252. The van der Waals surface area contributed by atoms with E-state index in [2.05, 4.69) is 37.6 Å². The molecule has 8 aliphatic rings. The van der Waals surface area contributed by atoms with Crippen LogP contribution in [0.25, 0.3) is 0 Å². The molecule has 0 aliphatic carbocycles. The fourth-order valence-electron chi connectivity index (χ4n) is 14.4. The lowest BCUT2D eigenvalue weighted by Crippen LogP contribution is -2.72. The summed E-state index contributed by atoms with van der Waals surface area (Å²) in [4.78, 5) is 52.2. The van der Waals surface area contributed by atoms with Gasteiger partial charge in [-0.15, -0.1) is 0 Å². The van der Waals surface area contributed by atoms with E-state index in [0.29, 0.717) is 0 Å². The Bertz CT molecular complexity index is 6180. The van der Waals surface area contributed by atoms with Gasteiger partial charge in [-0.1, -0.05) is 0 Å². The standard InChI is InChI=1S/C48H78N4O80S13/c53-13-9(49-133(70,71)72)41(69)113-5(1-109-137(82,83)84)21(13)117-46-32(131-144(103,104)105)20(60)28(36(126-46)40(67)68)123-44-12(52-136(79,80)81)25(128-141(94,95)96)24(8(116-44)4-112-140(91,92)93)120-48-33(132-145(106,107)108)19(59)27(35(127-48)39(65)66)122-43-11(51-135(76,77)78)15(55)23(7(115-43)3-111-139(88,89)90)119-47-31(130-143(100,101)102)18(58)26(34(125-47)38(63)64)121-42-10(50-134(73,74)75)14(54)22(6(114-42)2-110-138(85,86)87)118-45-30(129-142(97,98)99)17(57)16(56)29(124-45)37(61)62/h5-36,41-60,69H,1-4H2,(H,61,62)(H,63,64)(H,65,66)(H,67,68)(H,70,71,72)(H,73,74,75)(H,76,77,78)(H,79,80,81)(H,82,83,84)(H,85,86,87)(H,88,89,90)(H,91,92,93)(H,94,95,96)(H,97,98,99)(H,100,101,102)(H,103,104,105)(H,106,107,108)/t5-,6-,7-,8-,9-,10-,11-,12-,13-,14-,15-,16+,17+,18+,19+,20+,21-,22-,23-,24-,25-,26+,27+,28+,29-,30+,31-,32-,33-,34-,35-,36-,41+,42-,43-,44-,45-,46-,47-,48-/m1/s1. The molecule has 8 aliphatic heterocycles. The molecule has 8 rings (SSSR count). The highest BCUT2D eigenvalue weighted by Gasteiger charge is 2.66. The second-order valence-corrected chi connectivity index (χ2v) is 44.0. The molecule has 84 nitrogen and oxygen atoms in total. The summed E-state index contributed by atoms with van der Waals surface area (Å²) < 4.78 is 573. The Morgan fingerprint density at radius 3 is 0.669 bits per heavy atom. The lowest BCUT2D eigenvalue weighted by molar-refractivity contribution is -0.378. The molecule has 848 valence electrons. The fourth-order valence-corrected chi connectivity index (χ4v) is 20.4. The first-order valence-electron chi connectivity index (χ1n) is 37.1. The smallest absolute Gasteiger partial charge is 0.397 e. The molecule has 8 fully saturated rings. The third kappa shape index (κ3) is 36.4. The highest BCUT2D eigenvalue weighted by atomic mass is 32.3. The van der Waals surface area contributed by atoms with Gasteiger partial charge < -0.3 is 137 Å². The Balaban J connectivity index is 1.18. The summed E-state index contributed by atoms with van der Waals surface area (Å²) in [5.41, 5.74) is 0. The zero-order valence-corrected chi connectivity index (χ0v) is 79.5. The second kappa shape index (κ2) is 47.3. The van der Waals surface area contributed by atoms with Crippen LogP contribution in [0.2, 0.25) is 0 Å². The monoisotopic (exact) mass is 2410 g/mol. The zero-order valence-electron chi connectivity index (χ0n) is 68.9. The molecular formula is C48H78N4O80S13. The summed E-state index contributed by atoms with van der Waals surface area (Å²) in [5.74, 6) is -10.6. The fraction of sp³-hybridized carbons (Fsp3) is 0.917. The Labute approximate surface area is 807 Å². The van der Waals surface area contributed by atoms with Crippen molar-refractivity contribution in [3.8, 4) is 0 Å². The van der Waals surface area contributed by atoms with Gasteiger partial charge in [0.15, 0.2) is 99.2 Å². The van der Waals surface area contributed by atoms with Crippen molar-refractivity contribution in [3.05, 3.63) is 0 Å². The number of aliphatic hydroxyl groups is 9. The van der Waals surface area contributed by atoms with Crippen LogP contribution in [-0.2, 0) is 263 Å². The molecule has 145 heavy (non-hydrogen) atoms. The van der Waals surface area contributed by atoms with E-state index in [4.69, 9.17) is 71.1 Å². The predicted molar refractivity (Wildman–Crippen MR) is 410 cm³/mol. The molecule has 0 bridgehead atoms. The predicted octanol–water partition coefficient (Wildman–Crippen LogP) is -22.0. The summed E-state index contributed by atoms with van der Waals surface area (Å²) in [6.07, 6.45) is -120. The van der Waals surface area contributed by atoms with Gasteiger partial charge in [-0.2, -0.15) is 128 Å². The third-order valence-corrected chi connectivity index (χ3v) is 26.0. The minimum Gasteiger partial charge on any atom is -0.479 e. The van der Waals surface area contributed by atoms with Crippen LogP contribution in [-0.4, -0.2) is 531 Å². The topological polar surface area (TPSA) is 1310 Å². The highest BCUT2D eigenvalue weighted by molar-refractivity contribution is 7.85. The molecule has 30 N–H and O–H groups in total.